The highest BCUT2D eigenvalue weighted by molar-refractivity contribution is 7.17. The van der Waals surface area contributed by atoms with Crippen LogP contribution in [-0.4, -0.2) is 30.6 Å². The van der Waals surface area contributed by atoms with E-state index in [9.17, 15) is 9.59 Å². The van der Waals surface area contributed by atoms with Crippen molar-refractivity contribution in [3.05, 3.63) is 16.0 Å². The molecule has 1 saturated heterocycles. The van der Waals surface area contributed by atoms with E-state index >= 15 is 0 Å². The van der Waals surface area contributed by atoms with Crippen molar-refractivity contribution in [3.8, 4) is 0 Å². The fourth-order valence-electron chi connectivity index (χ4n) is 4.38. The molecular weight excluding hydrogens is 348 g/mol. The Kier molecular flexibility index (Phi) is 5.60. The molecule has 1 aromatic heterocycles. The number of hydrogen-bond acceptors (Lipinski definition) is 4. The number of anilines is 1. The molecule has 0 unspecified atom stereocenters. The monoisotopic (exact) mass is 376 g/mol. The van der Waals surface area contributed by atoms with E-state index in [1.165, 1.54) is 24.1 Å². The Morgan fingerprint density at radius 1 is 0.962 bits per heavy atom. The number of rotatable bonds is 4. The third kappa shape index (κ3) is 3.81. The van der Waals surface area contributed by atoms with Gasteiger partial charge < -0.3 is 15.4 Å². The number of amides is 2. The Labute approximate surface area is 158 Å². The second-order valence-electron chi connectivity index (χ2n) is 7.71. The van der Waals surface area contributed by atoms with Gasteiger partial charge in [-0.2, -0.15) is 0 Å². The Morgan fingerprint density at radius 3 is 2.54 bits per heavy atom. The van der Waals surface area contributed by atoms with Gasteiger partial charge >= 0.3 is 0 Å². The first-order chi connectivity index (χ1) is 12.7. The number of fused-ring (bicyclic) bond motifs is 1. The van der Waals surface area contributed by atoms with Gasteiger partial charge in [-0.05, 0) is 56.9 Å². The van der Waals surface area contributed by atoms with Gasteiger partial charge in [0.15, 0.2) is 0 Å². The van der Waals surface area contributed by atoms with Crippen LogP contribution in [0.25, 0.3) is 0 Å². The summed E-state index contributed by atoms with van der Waals surface area (Å²) in [5, 5.41) is 6.99. The minimum Gasteiger partial charge on any atom is -0.368 e. The Hall–Kier alpha value is -1.40. The molecule has 1 atom stereocenters. The Bertz CT molecular complexity index is 673. The molecule has 5 nitrogen and oxygen atoms in total. The lowest BCUT2D eigenvalue weighted by atomic mass is 9.93. The number of thiophene rings is 1. The average molecular weight is 377 g/mol. The summed E-state index contributed by atoms with van der Waals surface area (Å²) < 4.78 is 5.50. The van der Waals surface area contributed by atoms with Crippen LogP contribution in [0.5, 0.6) is 0 Å². The maximum Gasteiger partial charge on any atom is 0.254 e. The van der Waals surface area contributed by atoms with E-state index in [4.69, 9.17) is 4.74 Å². The first-order valence-electron chi connectivity index (χ1n) is 10.1. The zero-order chi connectivity index (χ0) is 17.9. The van der Waals surface area contributed by atoms with E-state index in [0.717, 1.165) is 67.5 Å². The SMILES string of the molecule is O=C(NC1CCCCC1)c1c(NC(=O)[C@@H]2CCCO2)sc2c1CCCC2. The number of hydrogen-bond donors (Lipinski definition) is 2. The second-order valence-corrected chi connectivity index (χ2v) is 8.82. The minimum absolute atomic E-state index is 0.000981. The van der Waals surface area contributed by atoms with Gasteiger partial charge in [-0.1, -0.05) is 19.3 Å². The van der Waals surface area contributed by atoms with E-state index < -0.39 is 0 Å². The first-order valence-corrected chi connectivity index (χ1v) is 10.9. The smallest absolute Gasteiger partial charge is 0.254 e. The van der Waals surface area contributed by atoms with Crippen molar-refractivity contribution in [2.24, 2.45) is 0 Å². The third-order valence-corrected chi connectivity index (χ3v) is 7.00. The number of ether oxygens (including phenoxy) is 1. The van der Waals surface area contributed by atoms with Gasteiger partial charge in [-0.25, -0.2) is 0 Å². The zero-order valence-corrected chi connectivity index (χ0v) is 16.1. The molecule has 0 aromatic carbocycles. The third-order valence-electron chi connectivity index (χ3n) is 5.80. The molecule has 0 spiro atoms. The molecule has 6 heteroatoms. The number of aryl methyl sites for hydroxylation is 1. The number of carbonyl (C=O) groups excluding carboxylic acids is 2. The molecule has 0 radical (unpaired) electrons. The summed E-state index contributed by atoms with van der Waals surface area (Å²) in [6.45, 7) is 0.647. The molecule has 1 aromatic rings. The van der Waals surface area contributed by atoms with Crippen molar-refractivity contribution >= 4 is 28.2 Å². The molecule has 26 heavy (non-hydrogen) atoms. The van der Waals surface area contributed by atoms with Crippen LogP contribution >= 0.6 is 11.3 Å². The average Bonchev–Trinajstić information content (AvgIpc) is 3.30. The summed E-state index contributed by atoms with van der Waals surface area (Å²) in [5.74, 6) is -0.105. The maximum atomic E-state index is 13.1. The maximum absolute atomic E-state index is 13.1. The summed E-state index contributed by atoms with van der Waals surface area (Å²) in [6, 6.07) is 0.275. The standard InChI is InChI=1S/C20H28N2O3S/c23-18(15-10-6-12-25-15)22-20-17(14-9-4-5-11-16(14)26-20)19(24)21-13-7-2-1-3-8-13/h13,15H,1-12H2,(H,21,24)(H,22,23)/t15-/m0/s1. The lowest BCUT2D eigenvalue weighted by Crippen LogP contribution is -2.37. The van der Waals surface area contributed by atoms with Gasteiger partial charge in [0, 0.05) is 17.5 Å². The fourth-order valence-corrected chi connectivity index (χ4v) is 5.67. The van der Waals surface area contributed by atoms with Crippen LogP contribution in [0.4, 0.5) is 5.00 Å². The van der Waals surface area contributed by atoms with E-state index in [-0.39, 0.29) is 24.0 Å². The van der Waals surface area contributed by atoms with Crippen LogP contribution in [-0.2, 0) is 22.4 Å². The summed E-state index contributed by atoms with van der Waals surface area (Å²) in [5.41, 5.74) is 1.89. The number of carbonyl (C=O) groups is 2. The summed E-state index contributed by atoms with van der Waals surface area (Å²) >= 11 is 1.59. The Balaban J connectivity index is 1.55. The molecule has 2 amide bonds. The van der Waals surface area contributed by atoms with Crippen LogP contribution in [0.15, 0.2) is 0 Å². The normalized spacial score (nSPS) is 23.5. The van der Waals surface area contributed by atoms with Gasteiger partial charge in [-0.3, -0.25) is 9.59 Å². The highest BCUT2D eigenvalue weighted by Gasteiger charge is 2.30. The van der Waals surface area contributed by atoms with Crippen molar-refractivity contribution in [3.63, 3.8) is 0 Å². The summed E-state index contributed by atoms with van der Waals surface area (Å²) in [7, 11) is 0. The molecule has 2 aliphatic carbocycles. The van der Waals surface area contributed by atoms with Crippen molar-refractivity contribution < 1.29 is 14.3 Å². The molecule has 1 saturated carbocycles. The Morgan fingerprint density at radius 2 is 1.77 bits per heavy atom. The van der Waals surface area contributed by atoms with E-state index in [0.29, 0.717) is 6.61 Å². The van der Waals surface area contributed by atoms with Crippen molar-refractivity contribution in [1.29, 1.82) is 0 Å². The first kappa shape index (κ1) is 18.0. The summed E-state index contributed by atoms with van der Waals surface area (Å²) in [4.78, 5) is 26.9. The molecule has 0 bridgehead atoms. The predicted octanol–water partition coefficient (Wildman–Crippen LogP) is 3.81. The molecule has 2 fully saturated rings. The van der Waals surface area contributed by atoms with E-state index in [1.807, 2.05) is 0 Å². The molecule has 4 rings (SSSR count). The largest absolute Gasteiger partial charge is 0.368 e. The van der Waals surface area contributed by atoms with Gasteiger partial charge in [-0.15, -0.1) is 11.3 Å². The highest BCUT2D eigenvalue weighted by atomic mass is 32.1. The molecule has 2 N–H and O–H groups in total. The highest BCUT2D eigenvalue weighted by Crippen LogP contribution is 2.38. The van der Waals surface area contributed by atoms with E-state index in [1.54, 1.807) is 11.3 Å². The second kappa shape index (κ2) is 8.09. The van der Waals surface area contributed by atoms with Crippen LogP contribution in [0.2, 0.25) is 0 Å². The molecule has 1 aliphatic heterocycles. The lowest BCUT2D eigenvalue weighted by Gasteiger charge is -2.23. The minimum atomic E-state index is -0.372. The van der Waals surface area contributed by atoms with Gasteiger partial charge in [0.2, 0.25) is 0 Å². The topological polar surface area (TPSA) is 67.4 Å². The van der Waals surface area contributed by atoms with Gasteiger partial charge in [0.05, 0.1) is 5.56 Å². The number of nitrogens with one attached hydrogen (secondary N) is 2. The van der Waals surface area contributed by atoms with Gasteiger partial charge in [0.25, 0.3) is 11.8 Å². The van der Waals surface area contributed by atoms with Crippen molar-refractivity contribution in [2.75, 3.05) is 11.9 Å². The lowest BCUT2D eigenvalue weighted by molar-refractivity contribution is -0.124. The predicted molar refractivity (Wildman–Crippen MR) is 103 cm³/mol. The summed E-state index contributed by atoms with van der Waals surface area (Å²) in [6.07, 6.45) is 11.3. The quantitative estimate of drug-likeness (QED) is 0.840. The molecule has 3 aliphatic rings. The van der Waals surface area contributed by atoms with Crippen molar-refractivity contribution in [2.45, 2.75) is 82.8 Å². The van der Waals surface area contributed by atoms with Gasteiger partial charge in [0.1, 0.15) is 11.1 Å². The molecular formula is C20H28N2O3S. The molecule has 142 valence electrons. The molecule has 2 heterocycles. The van der Waals surface area contributed by atoms with Crippen LogP contribution in [0, 0.1) is 0 Å². The van der Waals surface area contributed by atoms with Crippen molar-refractivity contribution in [1.82, 2.24) is 5.32 Å². The van der Waals surface area contributed by atoms with Crippen LogP contribution in [0.1, 0.15) is 78.6 Å². The zero-order valence-electron chi connectivity index (χ0n) is 15.3. The van der Waals surface area contributed by atoms with Crippen LogP contribution < -0.4 is 10.6 Å². The van der Waals surface area contributed by atoms with E-state index in [2.05, 4.69) is 10.6 Å². The fraction of sp³-hybridized carbons (Fsp3) is 0.700. The van der Waals surface area contributed by atoms with Crippen LogP contribution in [0.3, 0.4) is 0 Å².